The van der Waals surface area contributed by atoms with Crippen LogP contribution >= 0.6 is 0 Å². The number of aryl methyl sites for hydroxylation is 1. The maximum absolute atomic E-state index is 5.70. The summed E-state index contributed by atoms with van der Waals surface area (Å²) in [6.07, 6.45) is 7.26. The lowest BCUT2D eigenvalue weighted by atomic mass is 9.98. The molecule has 1 aliphatic heterocycles. The lowest BCUT2D eigenvalue weighted by Crippen LogP contribution is -2.25. The Morgan fingerprint density at radius 3 is 3.00 bits per heavy atom. The molecule has 2 aliphatic rings. The number of hydrogen-bond donors (Lipinski definition) is 1. The third kappa shape index (κ3) is 1.36. The SMILES string of the molecule is NCC1CCn2cc(C3CC3)nc2C1. The van der Waals surface area contributed by atoms with Crippen molar-refractivity contribution in [2.75, 3.05) is 6.54 Å². The first kappa shape index (κ1) is 8.48. The van der Waals surface area contributed by atoms with Gasteiger partial charge < -0.3 is 10.3 Å². The molecule has 14 heavy (non-hydrogen) atoms. The fourth-order valence-corrected chi connectivity index (χ4v) is 2.29. The van der Waals surface area contributed by atoms with E-state index in [1.54, 1.807) is 0 Å². The van der Waals surface area contributed by atoms with Gasteiger partial charge in [0.25, 0.3) is 0 Å². The molecule has 1 atom stereocenters. The maximum Gasteiger partial charge on any atom is 0.109 e. The Hall–Kier alpha value is -0.830. The van der Waals surface area contributed by atoms with Gasteiger partial charge in [-0.3, -0.25) is 0 Å². The van der Waals surface area contributed by atoms with Crippen molar-refractivity contribution in [3.8, 4) is 0 Å². The molecule has 1 aliphatic carbocycles. The Morgan fingerprint density at radius 2 is 2.29 bits per heavy atom. The van der Waals surface area contributed by atoms with Crippen LogP contribution in [0.1, 0.15) is 36.7 Å². The predicted molar refractivity (Wildman–Crippen MR) is 55.1 cm³/mol. The number of imidazole rings is 1. The topological polar surface area (TPSA) is 43.8 Å². The summed E-state index contributed by atoms with van der Waals surface area (Å²) in [5, 5.41) is 0. The van der Waals surface area contributed by atoms with Crippen LogP contribution in [0.15, 0.2) is 6.20 Å². The largest absolute Gasteiger partial charge is 0.335 e. The van der Waals surface area contributed by atoms with Crippen molar-refractivity contribution in [1.29, 1.82) is 0 Å². The molecule has 1 saturated carbocycles. The molecule has 0 aromatic carbocycles. The standard InChI is InChI=1S/C11H17N3/c12-6-8-3-4-14-7-10(9-1-2-9)13-11(14)5-8/h7-9H,1-6,12H2. The van der Waals surface area contributed by atoms with Gasteiger partial charge in [-0.15, -0.1) is 0 Å². The van der Waals surface area contributed by atoms with E-state index in [-0.39, 0.29) is 0 Å². The van der Waals surface area contributed by atoms with E-state index in [0.29, 0.717) is 5.92 Å². The molecule has 3 heteroatoms. The van der Waals surface area contributed by atoms with Crippen LogP contribution in [0.2, 0.25) is 0 Å². The molecule has 1 aromatic rings. The minimum absolute atomic E-state index is 0.664. The second-order valence-corrected chi connectivity index (χ2v) is 4.64. The molecule has 0 spiro atoms. The zero-order chi connectivity index (χ0) is 9.54. The molecule has 1 aromatic heterocycles. The molecule has 0 saturated heterocycles. The average molecular weight is 191 g/mol. The first-order chi connectivity index (χ1) is 6.86. The lowest BCUT2D eigenvalue weighted by Gasteiger charge is -2.21. The highest BCUT2D eigenvalue weighted by Crippen LogP contribution is 2.39. The number of nitrogens with zero attached hydrogens (tertiary/aromatic N) is 2. The second-order valence-electron chi connectivity index (χ2n) is 4.64. The van der Waals surface area contributed by atoms with Crippen molar-refractivity contribution in [2.45, 2.75) is 38.1 Å². The van der Waals surface area contributed by atoms with Gasteiger partial charge in [-0.2, -0.15) is 0 Å². The Morgan fingerprint density at radius 1 is 1.43 bits per heavy atom. The first-order valence-electron chi connectivity index (χ1n) is 5.63. The van der Waals surface area contributed by atoms with E-state index in [1.807, 2.05) is 0 Å². The second kappa shape index (κ2) is 3.09. The van der Waals surface area contributed by atoms with Gasteiger partial charge in [0, 0.05) is 25.1 Å². The van der Waals surface area contributed by atoms with Crippen molar-refractivity contribution >= 4 is 0 Å². The van der Waals surface area contributed by atoms with E-state index in [4.69, 9.17) is 10.7 Å². The van der Waals surface area contributed by atoms with Gasteiger partial charge >= 0.3 is 0 Å². The minimum atomic E-state index is 0.664. The number of aromatic nitrogens is 2. The Balaban J connectivity index is 1.85. The molecule has 3 rings (SSSR count). The molecule has 1 unspecified atom stereocenters. The Kier molecular flexibility index (Phi) is 1.87. The fourth-order valence-electron chi connectivity index (χ4n) is 2.29. The number of nitrogens with two attached hydrogens (primary N) is 1. The molecule has 0 amide bonds. The third-order valence-corrected chi connectivity index (χ3v) is 3.46. The molecule has 1 fully saturated rings. The predicted octanol–water partition coefficient (Wildman–Crippen LogP) is 1.28. The molecule has 0 bridgehead atoms. The van der Waals surface area contributed by atoms with Crippen LogP contribution < -0.4 is 5.73 Å². The number of rotatable bonds is 2. The van der Waals surface area contributed by atoms with Gasteiger partial charge in [-0.1, -0.05) is 0 Å². The summed E-state index contributed by atoms with van der Waals surface area (Å²) in [7, 11) is 0. The highest BCUT2D eigenvalue weighted by molar-refractivity contribution is 5.16. The summed E-state index contributed by atoms with van der Waals surface area (Å²) in [6.45, 7) is 1.93. The summed E-state index contributed by atoms with van der Waals surface area (Å²) >= 11 is 0. The van der Waals surface area contributed by atoms with Gasteiger partial charge in [0.2, 0.25) is 0 Å². The van der Waals surface area contributed by atoms with E-state index in [1.165, 1.54) is 30.8 Å². The van der Waals surface area contributed by atoms with Crippen LogP contribution in [0.25, 0.3) is 0 Å². The van der Waals surface area contributed by atoms with Crippen LogP contribution in [-0.4, -0.2) is 16.1 Å². The molecule has 0 radical (unpaired) electrons. The van der Waals surface area contributed by atoms with Crippen molar-refractivity contribution in [2.24, 2.45) is 11.7 Å². The van der Waals surface area contributed by atoms with Crippen molar-refractivity contribution in [1.82, 2.24) is 9.55 Å². The quantitative estimate of drug-likeness (QED) is 0.765. The maximum atomic E-state index is 5.70. The zero-order valence-corrected chi connectivity index (χ0v) is 8.45. The van der Waals surface area contributed by atoms with Gasteiger partial charge in [0.1, 0.15) is 5.82 Å². The minimum Gasteiger partial charge on any atom is -0.335 e. The van der Waals surface area contributed by atoms with Crippen molar-refractivity contribution < 1.29 is 0 Å². The molecular weight excluding hydrogens is 174 g/mol. The molecule has 2 heterocycles. The fraction of sp³-hybridized carbons (Fsp3) is 0.727. The van der Waals surface area contributed by atoms with Crippen LogP contribution in [0.4, 0.5) is 0 Å². The van der Waals surface area contributed by atoms with Crippen LogP contribution in [-0.2, 0) is 13.0 Å². The highest BCUT2D eigenvalue weighted by atomic mass is 15.1. The smallest absolute Gasteiger partial charge is 0.109 e. The Labute approximate surface area is 84.3 Å². The third-order valence-electron chi connectivity index (χ3n) is 3.46. The summed E-state index contributed by atoms with van der Waals surface area (Å²) < 4.78 is 2.33. The Bertz CT molecular complexity index is 338. The molecule has 2 N–H and O–H groups in total. The normalized spacial score (nSPS) is 26.2. The molecular formula is C11H17N3. The van der Waals surface area contributed by atoms with Gasteiger partial charge in [-0.25, -0.2) is 4.98 Å². The average Bonchev–Trinajstić information content (AvgIpc) is 2.97. The molecule has 76 valence electrons. The number of fused-ring (bicyclic) bond motifs is 1. The van der Waals surface area contributed by atoms with E-state index in [0.717, 1.165) is 25.4 Å². The summed E-state index contributed by atoms with van der Waals surface area (Å²) in [4.78, 5) is 4.72. The van der Waals surface area contributed by atoms with Crippen LogP contribution in [0.5, 0.6) is 0 Å². The summed E-state index contributed by atoms with van der Waals surface area (Å²) in [5.41, 5.74) is 7.03. The van der Waals surface area contributed by atoms with Crippen LogP contribution in [0, 0.1) is 5.92 Å². The summed E-state index contributed by atoms with van der Waals surface area (Å²) in [6, 6.07) is 0. The van der Waals surface area contributed by atoms with Crippen LogP contribution in [0.3, 0.4) is 0 Å². The van der Waals surface area contributed by atoms with Crippen molar-refractivity contribution in [3.05, 3.63) is 17.7 Å². The summed E-state index contributed by atoms with van der Waals surface area (Å²) in [5.74, 6) is 2.72. The zero-order valence-electron chi connectivity index (χ0n) is 8.45. The highest BCUT2D eigenvalue weighted by Gasteiger charge is 2.28. The molecule has 3 nitrogen and oxygen atoms in total. The number of hydrogen-bond acceptors (Lipinski definition) is 2. The first-order valence-corrected chi connectivity index (χ1v) is 5.63. The van der Waals surface area contributed by atoms with Gasteiger partial charge in [-0.05, 0) is 31.7 Å². The van der Waals surface area contributed by atoms with Gasteiger partial charge in [0.05, 0.1) is 5.69 Å². The lowest BCUT2D eigenvalue weighted by molar-refractivity contribution is 0.389. The van der Waals surface area contributed by atoms with Gasteiger partial charge in [0.15, 0.2) is 0 Å². The van der Waals surface area contributed by atoms with E-state index in [2.05, 4.69) is 10.8 Å². The van der Waals surface area contributed by atoms with E-state index >= 15 is 0 Å². The monoisotopic (exact) mass is 191 g/mol. The van der Waals surface area contributed by atoms with Crippen molar-refractivity contribution in [3.63, 3.8) is 0 Å². The van der Waals surface area contributed by atoms with E-state index < -0.39 is 0 Å². The van der Waals surface area contributed by atoms with E-state index in [9.17, 15) is 0 Å².